The van der Waals surface area contributed by atoms with Crippen LogP contribution in [-0.4, -0.2) is 36.5 Å². The molecule has 0 amide bonds. The fourth-order valence-electron chi connectivity index (χ4n) is 4.80. The van der Waals surface area contributed by atoms with Crippen LogP contribution in [0.25, 0.3) is 0 Å². The van der Waals surface area contributed by atoms with Gasteiger partial charge in [0.25, 0.3) is 0 Å². The van der Waals surface area contributed by atoms with Gasteiger partial charge in [-0.2, -0.15) is 0 Å². The van der Waals surface area contributed by atoms with E-state index in [9.17, 15) is 4.79 Å². The van der Waals surface area contributed by atoms with Gasteiger partial charge in [0.05, 0.1) is 31.2 Å². The van der Waals surface area contributed by atoms with Crippen molar-refractivity contribution in [2.45, 2.75) is 32.1 Å². The van der Waals surface area contributed by atoms with Gasteiger partial charge in [0.15, 0.2) is 5.78 Å². The molecule has 0 spiro atoms. The highest BCUT2D eigenvalue weighted by Gasteiger charge is 2.33. The maximum atomic E-state index is 13.1. The van der Waals surface area contributed by atoms with Crippen LogP contribution in [0.3, 0.4) is 0 Å². The minimum atomic E-state index is 0.00821. The van der Waals surface area contributed by atoms with E-state index in [4.69, 9.17) is 19.4 Å². The molecule has 0 unspecified atom stereocenters. The Labute approximate surface area is 181 Å². The van der Waals surface area contributed by atoms with Crippen molar-refractivity contribution in [1.82, 2.24) is 9.97 Å². The highest BCUT2D eigenvalue weighted by atomic mass is 16.5. The molecule has 0 saturated carbocycles. The summed E-state index contributed by atoms with van der Waals surface area (Å²) in [4.78, 5) is 24.9. The van der Waals surface area contributed by atoms with Gasteiger partial charge in [0.1, 0.15) is 11.5 Å². The van der Waals surface area contributed by atoms with E-state index in [1.165, 1.54) is 5.56 Å². The number of Topliss-reactive ketones (excluding diaryl/α,β-unsaturated/α-hetero) is 1. The number of hydrogen-bond donors (Lipinski definition) is 0. The minimum Gasteiger partial charge on any atom is -0.497 e. The van der Waals surface area contributed by atoms with Crippen molar-refractivity contribution in [3.8, 4) is 11.5 Å². The number of hydrogen-bond acceptors (Lipinski definition) is 6. The molecule has 1 aromatic heterocycles. The summed E-state index contributed by atoms with van der Waals surface area (Å²) in [5.41, 5.74) is 5.72. The molecule has 2 heterocycles. The molecule has 2 aromatic carbocycles. The number of carbonyl (C=O) groups excluding carboxylic acids is 1. The number of carbonyl (C=O) groups is 1. The quantitative estimate of drug-likeness (QED) is 0.629. The molecular weight excluding hydrogens is 390 g/mol. The smallest absolute Gasteiger partial charge is 0.230 e. The van der Waals surface area contributed by atoms with Crippen molar-refractivity contribution in [3.63, 3.8) is 0 Å². The molecule has 158 valence electrons. The molecule has 2 aliphatic rings. The van der Waals surface area contributed by atoms with Gasteiger partial charge in [-0.3, -0.25) is 4.79 Å². The Morgan fingerprint density at radius 3 is 2.68 bits per heavy atom. The van der Waals surface area contributed by atoms with Crippen molar-refractivity contribution < 1.29 is 14.3 Å². The highest BCUT2D eigenvalue weighted by Crippen LogP contribution is 2.40. The molecule has 0 fully saturated rings. The van der Waals surface area contributed by atoms with Crippen molar-refractivity contribution in [2.24, 2.45) is 0 Å². The fourth-order valence-corrected chi connectivity index (χ4v) is 4.80. The van der Waals surface area contributed by atoms with Gasteiger partial charge in [-0.15, -0.1) is 0 Å². The van der Waals surface area contributed by atoms with E-state index in [1.807, 2.05) is 31.2 Å². The van der Waals surface area contributed by atoms with E-state index in [0.29, 0.717) is 24.4 Å². The predicted molar refractivity (Wildman–Crippen MR) is 119 cm³/mol. The van der Waals surface area contributed by atoms with Gasteiger partial charge in [0.2, 0.25) is 5.95 Å². The molecule has 1 aliphatic carbocycles. The number of aryl methyl sites for hydroxylation is 1. The predicted octanol–water partition coefficient (Wildman–Crippen LogP) is 4.41. The number of rotatable bonds is 4. The van der Waals surface area contributed by atoms with E-state index in [2.05, 4.69) is 23.1 Å². The summed E-state index contributed by atoms with van der Waals surface area (Å²) >= 11 is 0. The number of benzene rings is 2. The number of ether oxygens (including phenoxy) is 2. The van der Waals surface area contributed by atoms with Crippen molar-refractivity contribution in [1.29, 1.82) is 0 Å². The Kier molecular flexibility index (Phi) is 4.85. The molecule has 0 saturated heterocycles. The topological polar surface area (TPSA) is 64.5 Å². The number of anilines is 2. The SMILES string of the molecule is COc1ccc([C@@H]2CC(=O)c3c(C)nc(N4CCc5ccccc54)nc3C2)c(OC)c1. The Hall–Kier alpha value is -3.41. The first kappa shape index (κ1) is 19.5. The summed E-state index contributed by atoms with van der Waals surface area (Å²) in [5.74, 6) is 2.25. The summed E-state index contributed by atoms with van der Waals surface area (Å²) in [6, 6.07) is 14.1. The maximum Gasteiger partial charge on any atom is 0.230 e. The van der Waals surface area contributed by atoms with Crippen LogP contribution in [0.4, 0.5) is 11.6 Å². The lowest BCUT2D eigenvalue weighted by molar-refractivity contribution is 0.0961. The second-order valence-electron chi connectivity index (χ2n) is 8.10. The zero-order valence-corrected chi connectivity index (χ0v) is 18.0. The number of nitrogens with zero attached hydrogens (tertiary/aromatic N) is 3. The van der Waals surface area contributed by atoms with Crippen LogP contribution < -0.4 is 14.4 Å². The molecule has 0 bridgehead atoms. The maximum absolute atomic E-state index is 13.1. The number of methoxy groups -OCH3 is 2. The summed E-state index contributed by atoms with van der Waals surface area (Å²) in [6.07, 6.45) is 2.07. The standard InChI is InChI=1S/C25H25N3O3/c1-15-24-20(27-25(26-15)28-11-10-16-6-4-5-7-21(16)28)12-17(13-22(24)29)19-9-8-18(30-2)14-23(19)31-3/h4-9,14,17H,10-13H2,1-3H3/t17-/m0/s1. The molecule has 0 N–H and O–H groups in total. The van der Waals surface area contributed by atoms with Gasteiger partial charge in [-0.1, -0.05) is 24.3 Å². The van der Waals surface area contributed by atoms with Crippen LogP contribution in [0.2, 0.25) is 0 Å². The van der Waals surface area contributed by atoms with Gasteiger partial charge in [-0.05, 0) is 43.0 Å². The third-order valence-electron chi connectivity index (χ3n) is 6.31. The summed E-state index contributed by atoms with van der Waals surface area (Å²) < 4.78 is 10.9. The first-order valence-electron chi connectivity index (χ1n) is 10.6. The van der Waals surface area contributed by atoms with Crippen LogP contribution in [0.1, 0.15) is 45.2 Å². The highest BCUT2D eigenvalue weighted by molar-refractivity contribution is 6.00. The normalized spacial score (nSPS) is 17.3. The van der Waals surface area contributed by atoms with E-state index in [0.717, 1.165) is 47.1 Å². The van der Waals surface area contributed by atoms with Crippen molar-refractivity contribution in [3.05, 3.63) is 70.5 Å². The lowest BCUT2D eigenvalue weighted by Gasteiger charge is -2.27. The van der Waals surface area contributed by atoms with Crippen LogP contribution >= 0.6 is 0 Å². The van der Waals surface area contributed by atoms with Crippen LogP contribution in [0, 0.1) is 6.92 Å². The second kappa shape index (κ2) is 7.69. The van der Waals surface area contributed by atoms with Gasteiger partial charge in [-0.25, -0.2) is 9.97 Å². The first-order chi connectivity index (χ1) is 15.1. The van der Waals surface area contributed by atoms with E-state index < -0.39 is 0 Å². The average Bonchev–Trinajstić information content (AvgIpc) is 3.22. The minimum absolute atomic E-state index is 0.00821. The Morgan fingerprint density at radius 1 is 1.03 bits per heavy atom. The van der Waals surface area contributed by atoms with Gasteiger partial charge >= 0.3 is 0 Å². The Balaban J connectivity index is 1.53. The monoisotopic (exact) mass is 415 g/mol. The first-order valence-corrected chi connectivity index (χ1v) is 10.6. The number of para-hydroxylation sites is 1. The van der Waals surface area contributed by atoms with Gasteiger partial charge < -0.3 is 14.4 Å². The lowest BCUT2D eigenvalue weighted by Crippen LogP contribution is -2.25. The Morgan fingerprint density at radius 2 is 1.87 bits per heavy atom. The van der Waals surface area contributed by atoms with Crippen molar-refractivity contribution >= 4 is 17.4 Å². The van der Waals surface area contributed by atoms with Crippen molar-refractivity contribution in [2.75, 3.05) is 25.7 Å². The lowest BCUT2D eigenvalue weighted by atomic mass is 9.81. The molecule has 5 rings (SSSR count). The van der Waals surface area contributed by atoms with Crippen LogP contribution in [-0.2, 0) is 12.8 Å². The number of aromatic nitrogens is 2. The van der Waals surface area contributed by atoms with Crippen LogP contribution in [0.15, 0.2) is 42.5 Å². The molecule has 1 aliphatic heterocycles. The molecular formula is C25H25N3O3. The number of ketones is 1. The molecule has 0 radical (unpaired) electrons. The molecule has 31 heavy (non-hydrogen) atoms. The summed E-state index contributed by atoms with van der Waals surface area (Å²) in [5, 5.41) is 0. The molecule has 6 nitrogen and oxygen atoms in total. The van der Waals surface area contributed by atoms with Crippen LogP contribution in [0.5, 0.6) is 11.5 Å². The Bertz CT molecular complexity index is 1170. The van der Waals surface area contributed by atoms with Gasteiger partial charge in [0, 0.05) is 30.6 Å². The third-order valence-corrected chi connectivity index (χ3v) is 6.31. The summed E-state index contributed by atoms with van der Waals surface area (Å²) in [6.45, 7) is 2.76. The zero-order chi connectivity index (χ0) is 21.5. The third kappa shape index (κ3) is 3.32. The molecule has 3 aromatic rings. The average molecular weight is 415 g/mol. The van der Waals surface area contributed by atoms with E-state index in [-0.39, 0.29) is 11.7 Å². The second-order valence-corrected chi connectivity index (χ2v) is 8.10. The fraction of sp³-hybridized carbons (Fsp3) is 0.320. The zero-order valence-electron chi connectivity index (χ0n) is 18.0. The largest absolute Gasteiger partial charge is 0.497 e. The molecule has 6 heteroatoms. The van der Waals surface area contributed by atoms with E-state index in [1.54, 1.807) is 14.2 Å². The summed E-state index contributed by atoms with van der Waals surface area (Å²) in [7, 11) is 3.28. The molecule has 1 atom stereocenters. The van der Waals surface area contributed by atoms with E-state index >= 15 is 0 Å². The number of fused-ring (bicyclic) bond motifs is 2.